The number of anilines is 1. The van der Waals surface area contributed by atoms with Gasteiger partial charge in [0, 0.05) is 31.4 Å². The summed E-state index contributed by atoms with van der Waals surface area (Å²) in [5.41, 5.74) is 3.41. The van der Waals surface area contributed by atoms with E-state index < -0.39 is 0 Å². The Balaban J connectivity index is 1.35. The van der Waals surface area contributed by atoms with Gasteiger partial charge in [0.2, 0.25) is 11.8 Å². The summed E-state index contributed by atoms with van der Waals surface area (Å²) < 4.78 is 0. The van der Waals surface area contributed by atoms with E-state index in [1.54, 1.807) is 4.90 Å². The van der Waals surface area contributed by atoms with E-state index in [9.17, 15) is 9.59 Å². The number of para-hydroxylation sites is 1. The summed E-state index contributed by atoms with van der Waals surface area (Å²) >= 11 is 0. The Morgan fingerprint density at radius 3 is 2.74 bits per heavy atom. The molecule has 1 aromatic heterocycles. The lowest BCUT2D eigenvalue weighted by atomic mass is 9.98. The number of aromatic nitrogens is 2. The Morgan fingerprint density at radius 1 is 1.07 bits per heavy atom. The van der Waals surface area contributed by atoms with Gasteiger partial charge in [-0.15, -0.1) is 0 Å². The van der Waals surface area contributed by atoms with Gasteiger partial charge in [0.05, 0.1) is 11.4 Å². The van der Waals surface area contributed by atoms with Crippen LogP contribution in [-0.2, 0) is 22.6 Å². The number of aromatic amines is 1. The molecule has 6 heteroatoms. The number of amides is 2. The molecule has 3 heterocycles. The molecule has 1 atom stereocenters. The zero-order chi connectivity index (χ0) is 18.4. The Hall–Kier alpha value is -3.15. The molecule has 5 rings (SSSR count). The number of fused-ring (bicyclic) bond motifs is 2. The molecular formula is C21H20N4O2. The molecule has 1 fully saturated rings. The van der Waals surface area contributed by atoms with Crippen molar-refractivity contribution in [1.82, 2.24) is 15.1 Å². The highest BCUT2D eigenvalue weighted by Crippen LogP contribution is 2.31. The normalized spacial score (nSPS) is 19.6. The van der Waals surface area contributed by atoms with Gasteiger partial charge in [-0.3, -0.25) is 19.6 Å². The fraction of sp³-hybridized carbons (Fsp3) is 0.286. The monoisotopic (exact) mass is 360 g/mol. The summed E-state index contributed by atoms with van der Waals surface area (Å²) in [7, 11) is 0. The van der Waals surface area contributed by atoms with Crippen LogP contribution in [0.25, 0.3) is 10.9 Å². The van der Waals surface area contributed by atoms with Crippen LogP contribution in [0.3, 0.4) is 0 Å². The maximum atomic E-state index is 13.1. The second-order valence-electron chi connectivity index (χ2n) is 7.28. The predicted molar refractivity (Wildman–Crippen MR) is 102 cm³/mol. The van der Waals surface area contributed by atoms with Gasteiger partial charge in [0.25, 0.3) is 0 Å². The molecule has 1 N–H and O–H groups in total. The molecule has 3 aromatic rings. The zero-order valence-electron chi connectivity index (χ0n) is 14.9. The van der Waals surface area contributed by atoms with Gasteiger partial charge in [-0.2, -0.15) is 5.10 Å². The van der Waals surface area contributed by atoms with Gasteiger partial charge in [0.15, 0.2) is 5.82 Å². The van der Waals surface area contributed by atoms with Crippen molar-refractivity contribution < 1.29 is 9.59 Å². The van der Waals surface area contributed by atoms with Crippen molar-refractivity contribution in [2.45, 2.75) is 19.4 Å². The molecular weight excluding hydrogens is 340 g/mol. The molecule has 0 saturated carbocycles. The molecule has 1 saturated heterocycles. The van der Waals surface area contributed by atoms with Gasteiger partial charge in [-0.05, 0) is 29.7 Å². The van der Waals surface area contributed by atoms with Crippen molar-refractivity contribution in [1.29, 1.82) is 0 Å². The molecule has 2 amide bonds. The van der Waals surface area contributed by atoms with Crippen molar-refractivity contribution in [2.75, 3.05) is 18.0 Å². The number of H-pyrrole nitrogens is 1. The second kappa shape index (κ2) is 6.23. The molecule has 27 heavy (non-hydrogen) atoms. The van der Waals surface area contributed by atoms with Crippen LogP contribution < -0.4 is 4.90 Å². The zero-order valence-corrected chi connectivity index (χ0v) is 14.9. The van der Waals surface area contributed by atoms with Crippen molar-refractivity contribution in [3.63, 3.8) is 0 Å². The molecule has 0 bridgehead atoms. The second-order valence-corrected chi connectivity index (χ2v) is 7.28. The Morgan fingerprint density at radius 2 is 1.85 bits per heavy atom. The van der Waals surface area contributed by atoms with Crippen LogP contribution >= 0.6 is 0 Å². The SMILES string of the molecule is O=C(C1CC(=O)N(c2n[nH]c3ccccc23)C1)N1CCc2ccccc2C1. The number of carbonyl (C=O) groups excluding carboxylic acids is 2. The van der Waals surface area contributed by atoms with Crippen LogP contribution in [0.2, 0.25) is 0 Å². The van der Waals surface area contributed by atoms with E-state index in [1.807, 2.05) is 41.3 Å². The van der Waals surface area contributed by atoms with Gasteiger partial charge in [-0.1, -0.05) is 36.4 Å². The molecule has 0 spiro atoms. The van der Waals surface area contributed by atoms with Crippen LogP contribution in [0, 0.1) is 5.92 Å². The lowest BCUT2D eigenvalue weighted by Crippen LogP contribution is -2.40. The molecule has 2 aromatic carbocycles. The maximum absolute atomic E-state index is 13.1. The third kappa shape index (κ3) is 2.68. The number of carbonyl (C=O) groups is 2. The first-order valence-electron chi connectivity index (χ1n) is 9.30. The van der Waals surface area contributed by atoms with E-state index >= 15 is 0 Å². The number of hydrogen-bond donors (Lipinski definition) is 1. The van der Waals surface area contributed by atoms with E-state index in [0.717, 1.165) is 17.3 Å². The van der Waals surface area contributed by atoms with Gasteiger partial charge >= 0.3 is 0 Å². The van der Waals surface area contributed by atoms with Crippen LogP contribution in [0.4, 0.5) is 5.82 Å². The Kier molecular flexibility index (Phi) is 3.70. The summed E-state index contributed by atoms with van der Waals surface area (Å²) in [4.78, 5) is 29.2. The number of rotatable bonds is 2. The van der Waals surface area contributed by atoms with Crippen LogP contribution in [0.1, 0.15) is 17.5 Å². The molecule has 1 unspecified atom stereocenters. The first-order chi connectivity index (χ1) is 13.2. The summed E-state index contributed by atoms with van der Waals surface area (Å²) in [6, 6.07) is 16.0. The highest BCUT2D eigenvalue weighted by Gasteiger charge is 2.39. The third-order valence-corrected chi connectivity index (χ3v) is 5.62. The van der Waals surface area contributed by atoms with Gasteiger partial charge in [-0.25, -0.2) is 0 Å². The smallest absolute Gasteiger partial charge is 0.229 e. The average molecular weight is 360 g/mol. The first-order valence-corrected chi connectivity index (χ1v) is 9.30. The summed E-state index contributed by atoms with van der Waals surface area (Å²) in [6.07, 6.45) is 1.12. The molecule has 0 radical (unpaired) electrons. The summed E-state index contributed by atoms with van der Waals surface area (Å²) in [5.74, 6) is 0.344. The lowest BCUT2D eigenvalue weighted by molar-refractivity contribution is -0.136. The number of nitrogens with zero attached hydrogens (tertiary/aromatic N) is 3. The van der Waals surface area contributed by atoms with E-state index in [4.69, 9.17) is 0 Å². The minimum Gasteiger partial charge on any atom is -0.338 e. The number of benzene rings is 2. The standard InChI is InChI=1S/C21H20N4O2/c26-19-11-16(13-25(19)20-17-7-3-4-8-18(17)22-23-20)21(27)24-10-9-14-5-1-2-6-15(14)12-24/h1-8,16H,9-13H2,(H,22,23). The number of hydrogen-bond acceptors (Lipinski definition) is 3. The fourth-order valence-corrected chi connectivity index (χ4v) is 4.17. The fourth-order valence-electron chi connectivity index (χ4n) is 4.17. The molecule has 0 aliphatic carbocycles. The quantitative estimate of drug-likeness (QED) is 0.763. The van der Waals surface area contributed by atoms with Crippen molar-refractivity contribution in [3.05, 3.63) is 59.7 Å². The lowest BCUT2D eigenvalue weighted by Gasteiger charge is -2.30. The van der Waals surface area contributed by atoms with E-state index in [0.29, 0.717) is 25.5 Å². The third-order valence-electron chi connectivity index (χ3n) is 5.62. The minimum absolute atomic E-state index is 0.0389. The molecule has 2 aliphatic rings. The maximum Gasteiger partial charge on any atom is 0.229 e. The average Bonchev–Trinajstić information content (AvgIpc) is 3.30. The molecule has 2 aliphatic heterocycles. The van der Waals surface area contributed by atoms with E-state index in [1.165, 1.54) is 11.1 Å². The molecule has 6 nitrogen and oxygen atoms in total. The highest BCUT2D eigenvalue weighted by molar-refractivity contribution is 6.05. The highest BCUT2D eigenvalue weighted by atomic mass is 16.2. The predicted octanol–water partition coefficient (Wildman–Crippen LogP) is 2.50. The van der Waals surface area contributed by atoms with Gasteiger partial charge < -0.3 is 4.90 Å². The summed E-state index contributed by atoms with van der Waals surface area (Å²) in [6.45, 7) is 1.74. The van der Waals surface area contributed by atoms with Crippen molar-refractivity contribution >= 4 is 28.5 Å². The first kappa shape index (κ1) is 16.1. The van der Waals surface area contributed by atoms with E-state index in [2.05, 4.69) is 22.3 Å². The van der Waals surface area contributed by atoms with Gasteiger partial charge in [0.1, 0.15) is 0 Å². The van der Waals surface area contributed by atoms with Crippen molar-refractivity contribution in [2.24, 2.45) is 5.92 Å². The topological polar surface area (TPSA) is 69.3 Å². The van der Waals surface area contributed by atoms with Crippen LogP contribution in [0.5, 0.6) is 0 Å². The van der Waals surface area contributed by atoms with Crippen LogP contribution in [-0.4, -0.2) is 40.0 Å². The Bertz CT molecular complexity index is 1040. The van der Waals surface area contributed by atoms with E-state index in [-0.39, 0.29) is 24.2 Å². The van der Waals surface area contributed by atoms with Crippen molar-refractivity contribution in [3.8, 4) is 0 Å². The molecule has 136 valence electrons. The van der Waals surface area contributed by atoms with Crippen LogP contribution in [0.15, 0.2) is 48.5 Å². The largest absolute Gasteiger partial charge is 0.338 e. The minimum atomic E-state index is -0.307. The number of nitrogens with one attached hydrogen (secondary N) is 1. The summed E-state index contributed by atoms with van der Waals surface area (Å²) in [5, 5.41) is 8.19. The Labute approximate surface area is 156 Å².